The lowest BCUT2D eigenvalue weighted by molar-refractivity contribution is -0.127. The molecule has 1 aromatic rings. The Hall–Kier alpha value is -1.35. The van der Waals surface area contributed by atoms with Gasteiger partial charge in [-0.3, -0.25) is 4.79 Å². The van der Waals surface area contributed by atoms with Crippen LogP contribution in [-0.2, 0) is 17.9 Å². The van der Waals surface area contributed by atoms with Crippen LogP contribution in [0.3, 0.4) is 0 Å². The second-order valence-corrected chi connectivity index (χ2v) is 6.13. The molecule has 1 fully saturated rings. The van der Waals surface area contributed by atoms with Gasteiger partial charge >= 0.3 is 0 Å². The molecule has 1 atom stereocenters. The van der Waals surface area contributed by atoms with Crippen molar-refractivity contribution in [3.05, 3.63) is 35.4 Å². The van der Waals surface area contributed by atoms with E-state index in [0.29, 0.717) is 6.54 Å². The van der Waals surface area contributed by atoms with Crippen molar-refractivity contribution in [3.63, 3.8) is 0 Å². The summed E-state index contributed by atoms with van der Waals surface area (Å²) in [5.41, 5.74) is 2.10. The van der Waals surface area contributed by atoms with Gasteiger partial charge in [0, 0.05) is 12.5 Å². The smallest absolute Gasteiger partial charge is 0.223 e. The molecule has 19 heavy (non-hydrogen) atoms. The Morgan fingerprint density at radius 1 is 1.32 bits per heavy atom. The van der Waals surface area contributed by atoms with Gasteiger partial charge < -0.3 is 10.4 Å². The van der Waals surface area contributed by atoms with Gasteiger partial charge in [-0.2, -0.15) is 0 Å². The van der Waals surface area contributed by atoms with Gasteiger partial charge in [-0.15, -0.1) is 0 Å². The van der Waals surface area contributed by atoms with Crippen molar-refractivity contribution in [2.24, 2.45) is 11.3 Å². The molecule has 0 heterocycles. The van der Waals surface area contributed by atoms with Crippen LogP contribution in [0.4, 0.5) is 0 Å². The van der Waals surface area contributed by atoms with Crippen molar-refractivity contribution in [2.45, 2.75) is 46.3 Å². The predicted octanol–water partition coefficient (Wildman–Crippen LogP) is 2.62. The minimum Gasteiger partial charge on any atom is -0.392 e. The van der Waals surface area contributed by atoms with Crippen LogP contribution < -0.4 is 5.32 Å². The van der Waals surface area contributed by atoms with Crippen LogP contribution in [0.1, 0.15) is 44.2 Å². The summed E-state index contributed by atoms with van der Waals surface area (Å²) in [5, 5.41) is 12.0. The van der Waals surface area contributed by atoms with Crippen molar-refractivity contribution < 1.29 is 9.90 Å². The number of carbonyl (C=O) groups excluding carboxylic acids is 1. The summed E-state index contributed by atoms with van der Waals surface area (Å²) < 4.78 is 0. The van der Waals surface area contributed by atoms with Crippen molar-refractivity contribution in [1.82, 2.24) is 5.32 Å². The largest absolute Gasteiger partial charge is 0.392 e. The van der Waals surface area contributed by atoms with Gasteiger partial charge in [-0.1, -0.05) is 44.5 Å². The highest BCUT2D eigenvalue weighted by Crippen LogP contribution is 2.42. The van der Waals surface area contributed by atoms with E-state index < -0.39 is 0 Å². The standard InChI is InChI=1S/C16H23NO2/c1-16(2)9-3-4-14(16)15(19)17-10-12-5-7-13(11-18)8-6-12/h5-8,14,18H,3-4,9-11H2,1-2H3,(H,17,19). The summed E-state index contributed by atoms with van der Waals surface area (Å²) in [6.45, 7) is 4.99. The van der Waals surface area contributed by atoms with Crippen LogP contribution in [0.15, 0.2) is 24.3 Å². The zero-order chi connectivity index (χ0) is 13.9. The second-order valence-electron chi connectivity index (χ2n) is 6.13. The molecule has 0 spiro atoms. The molecule has 3 heteroatoms. The van der Waals surface area contributed by atoms with E-state index in [9.17, 15) is 4.79 Å². The number of aliphatic hydroxyl groups is 1. The molecule has 3 nitrogen and oxygen atoms in total. The van der Waals surface area contributed by atoms with Crippen molar-refractivity contribution in [3.8, 4) is 0 Å². The van der Waals surface area contributed by atoms with Gasteiger partial charge in [0.15, 0.2) is 0 Å². The molecule has 0 aromatic heterocycles. The molecule has 2 rings (SSSR count). The third-order valence-electron chi connectivity index (χ3n) is 4.25. The summed E-state index contributed by atoms with van der Waals surface area (Å²) in [5.74, 6) is 0.318. The predicted molar refractivity (Wildman–Crippen MR) is 75.3 cm³/mol. The summed E-state index contributed by atoms with van der Waals surface area (Å²) in [6.07, 6.45) is 3.29. The Bertz CT molecular complexity index is 437. The number of benzene rings is 1. The van der Waals surface area contributed by atoms with Gasteiger partial charge in [-0.25, -0.2) is 0 Å². The molecular weight excluding hydrogens is 238 g/mol. The lowest BCUT2D eigenvalue weighted by Crippen LogP contribution is -2.35. The summed E-state index contributed by atoms with van der Waals surface area (Å²) in [6, 6.07) is 7.68. The van der Waals surface area contributed by atoms with Gasteiger partial charge in [0.2, 0.25) is 5.91 Å². The average Bonchev–Trinajstić information content (AvgIpc) is 2.76. The summed E-state index contributed by atoms with van der Waals surface area (Å²) >= 11 is 0. The first-order valence-electron chi connectivity index (χ1n) is 6.99. The van der Waals surface area contributed by atoms with Crippen LogP contribution >= 0.6 is 0 Å². The SMILES string of the molecule is CC1(C)CCCC1C(=O)NCc1ccc(CO)cc1. The van der Waals surface area contributed by atoms with E-state index >= 15 is 0 Å². The van der Waals surface area contributed by atoms with Gasteiger partial charge in [0.1, 0.15) is 0 Å². The molecule has 0 radical (unpaired) electrons. The quantitative estimate of drug-likeness (QED) is 0.875. The van der Waals surface area contributed by atoms with E-state index in [0.717, 1.165) is 30.4 Å². The van der Waals surface area contributed by atoms with Crippen LogP contribution in [-0.4, -0.2) is 11.0 Å². The Kier molecular flexibility index (Phi) is 4.25. The normalized spacial score (nSPS) is 21.3. The first kappa shape index (κ1) is 14.1. The minimum atomic E-state index is 0.0584. The molecule has 1 amide bonds. The Labute approximate surface area is 115 Å². The number of amides is 1. The zero-order valence-electron chi connectivity index (χ0n) is 11.8. The number of nitrogens with one attached hydrogen (secondary N) is 1. The molecule has 1 aromatic carbocycles. The lowest BCUT2D eigenvalue weighted by atomic mass is 9.81. The van der Waals surface area contributed by atoms with E-state index in [1.54, 1.807) is 0 Å². The molecule has 0 aliphatic heterocycles. The monoisotopic (exact) mass is 261 g/mol. The maximum absolute atomic E-state index is 12.2. The number of aliphatic hydroxyl groups excluding tert-OH is 1. The van der Waals surface area contributed by atoms with Gasteiger partial charge in [0.25, 0.3) is 0 Å². The van der Waals surface area contributed by atoms with E-state index in [-0.39, 0.29) is 23.8 Å². The van der Waals surface area contributed by atoms with Crippen LogP contribution in [0.2, 0.25) is 0 Å². The van der Waals surface area contributed by atoms with Crippen LogP contribution in [0, 0.1) is 11.3 Å². The number of hydrogen-bond donors (Lipinski definition) is 2. The maximum Gasteiger partial charge on any atom is 0.223 e. The minimum absolute atomic E-state index is 0.0584. The van der Waals surface area contributed by atoms with E-state index in [1.165, 1.54) is 0 Å². The highest BCUT2D eigenvalue weighted by molar-refractivity contribution is 5.79. The third-order valence-corrected chi connectivity index (χ3v) is 4.25. The average molecular weight is 261 g/mol. The number of hydrogen-bond acceptors (Lipinski definition) is 2. The highest BCUT2D eigenvalue weighted by Gasteiger charge is 2.38. The molecule has 1 saturated carbocycles. The van der Waals surface area contributed by atoms with E-state index in [2.05, 4.69) is 19.2 Å². The van der Waals surface area contributed by atoms with Gasteiger partial charge in [0.05, 0.1) is 6.61 Å². The first-order chi connectivity index (χ1) is 9.03. The fourth-order valence-corrected chi connectivity index (χ4v) is 2.89. The van der Waals surface area contributed by atoms with Crippen molar-refractivity contribution in [2.75, 3.05) is 0 Å². The molecule has 0 saturated heterocycles. The molecule has 0 bridgehead atoms. The fourth-order valence-electron chi connectivity index (χ4n) is 2.89. The molecule has 1 aliphatic carbocycles. The Morgan fingerprint density at radius 2 is 1.95 bits per heavy atom. The number of rotatable bonds is 4. The third kappa shape index (κ3) is 3.35. The molecular formula is C16H23NO2. The maximum atomic E-state index is 12.2. The lowest BCUT2D eigenvalue weighted by Gasteiger charge is -2.25. The second kappa shape index (κ2) is 5.74. The topological polar surface area (TPSA) is 49.3 Å². The summed E-state index contributed by atoms with van der Waals surface area (Å²) in [4.78, 5) is 12.2. The van der Waals surface area contributed by atoms with Crippen molar-refractivity contribution >= 4 is 5.91 Å². The van der Waals surface area contributed by atoms with Crippen molar-refractivity contribution in [1.29, 1.82) is 0 Å². The first-order valence-corrected chi connectivity index (χ1v) is 6.99. The van der Waals surface area contributed by atoms with E-state index in [1.807, 2.05) is 24.3 Å². The molecule has 1 aliphatic rings. The van der Waals surface area contributed by atoms with Crippen LogP contribution in [0.25, 0.3) is 0 Å². The Morgan fingerprint density at radius 3 is 2.47 bits per heavy atom. The van der Waals surface area contributed by atoms with E-state index in [4.69, 9.17) is 5.11 Å². The van der Waals surface area contributed by atoms with Gasteiger partial charge in [-0.05, 0) is 29.4 Å². The highest BCUT2D eigenvalue weighted by atomic mass is 16.3. The Balaban J connectivity index is 1.89. The fraction of sp³-hybridized carbons (Fsp3) is 0.562. The molecule has 2 N–H and O–H groups in total. The molecule has 1 unspecified atom stereocenters. The zero-order valence-corrected chi connectivity index (χ0v) is 11.8. The number of carbonyl (C=O) groups is 1. The molecule has 104 valence electrons. The van der Waals surface area contributed by atoms with Crippen LogP contribution in [0.5, 0.6) is 0 Å². The summed E-state index contributed by atoms with van der Waals surface area (Å²) in [7, 11) is 0.